The lowest BCUT2D eigenvalue weighted by atomic mass is 10.1. The first-order valence-electron chi connectivity index (χ1n) is 9.41. The number of hydrogen-bond donors (Lipinski definition) is 0. The van der Waals surface area contributed by atoms with Gasteiger partial charge in [-0.15, -0.1) is 11.3 Å². The predicted molar refractivity (Wildman–Crippen MR) is 109 cm³/mol. The summed E-state index contributed by atoms with van der Waals surface area (Å²) in [5.41, 5.74) is 1.18. The molecule has 1 amide bonds. The average Bonchev–Trinajstić information content (AvgIpc) is 3.20. The summed E-state index contributed by atoms with van der Waals surface area (Å²) in [5, 5.41) is 2.14. The molecule has 0 N–H and O–H groups in total. The second-order valence-corrected chi connectivity index (χ2v) is 8.07. The first-order chi connectivity index (χ1) is 12.6. The van der Waals surface area contributed by atoms with Crippen molar-refractivity contribution < 1.29 is 4.79 Å². The molecule has 26 heavy (non-hydrogen) atoms. The van der Waals surface area contributed by atoms with Gasteiger partial charge in [0.15, 0.2) is 0 Å². The normalized spacial score (nSPS) is 17.2. The van der Waals surface area contributed by atoms with E-state index < -0.39 is 0 Å². The minimum atomic E-state index is 0.107. The van der Waals surface area contributed by atoms with Crippen LogP contribution in [0.1, 0.15) is 23.4 Å². The minimum Gasteiger partial charge on any atom is -0.338 e. The highest BCUT2D eigenvalue weighted by Crippen LogP contribution is 2.18. The third-order valence-corrected chi connectivity index (χ3v) is 6.27. The molecule has 0 spiro atoms. The van der Waals surface area contributed by atoms with Crippen LogP contribution < -0.4 is 0 Å². The summed E-state index contributed by atoms with van der Waals surface area (Å²) in [4.78, 5) is 20.8. The lowest BCUT2D eigenvalue weighted by molar-refractivity contribution is -0.133. The van der Waals surface area contributed by atoms with Crippen molar-refractivity contribution in [3.05, 3.63) is 58.3 Å². The highest BCUT2D eigenvalue weighted by atomic mass is 32.1. The number of piperazine rings is 1. The van der Waals surface area contributed by atoms with Crippen molar-refractivity contribution in [1.82, 2.24) is 14.7 Å². The number of likely N-dealkylation sites (N-methyl/N-ethyl adjacent to an activating group) is 1. The number of thiophene rings is 1. The Hall–Kier alpha value is -1.69. The fourth-order valence-electron chi connectivity index (χ4n) is 3.37. The molecule has 1 aromatic carbocycles. The Bertz CT molecular complexity index is 666. The Labute approximate surface area is 161 Å². The van der Waals surface area contributed by atoms with E-state index in [9.17, 15) is 4.79 Å². The molecule has 1 unspecified atom stereocenters. The minimum absolute atomic E-state index is 0.107. The molecule has 5 heteroatoms. The van der Waals surface area contributed by atoms with Gasteiger partial charge < -0.3 is 9.80 Å². The van der Waals surface area contributed by atoms with Crippen molar-refractivity contribution in [2.75, 3.05) is 46.3 Å². The second kappa shape index (κ2) is 9.31. The molecular weight excluding hydrogens is 342 g/mol. The molecule has 1 fully saturated rings. The summed E-state index contributed by atoms with van der Waals surface area (Å²) in [6, 6.07) is 14.7. The van der Waals surface area contributed by atoms with Crippen LogP contribution in [0.3, 0.4) is 0 Å². The third-order valence-electron chi connectivity index (χ3n) is 5.33. The number of benzene rings is 1. The van der Waals surface area contributed by atoms with Crippen LogP contribution in [0.4, 0.5) is 0 Å². The van der Waals surface area contributed by atoms with E-state index in [1.165, 1.54) is 10.4 Å². The van der Waals surface area contributed by atoms with E-state index in [1.807, 2.05) is 41.5 Å². The molecule has 0 aliphatic carbocycles. The average molecular weight is 372 g/mol. The zero-order valence-corrected chi connectivity index (χ0v) is 16.6. The number of carbonyl (C=O) groups is 1. The molecule has 1 aromatic heterocycles. The van der Waals surface area contributed by atoms with Gasteiger partial charge in [0.05, 0.1) is 12.6 Å². The zero-order chi connectivity index (χ0) is 18.4. The van der Waals surface area contributed by atoms with Gasteiger partial charge in [-0.2, -0.15) is 0 Å². The van der Waals surface area contributed by atoms with Crippen molar-refractivity contribution in [3.63, 3.8) is 0 Å². The summed E-state index contributed by atoms with van der Waals surface area (Å²) in [5.74, 6) is 0.202. The Morgan fingerprint density at radius 3 is 2.42 bits per heavy atom. The van der Waals surface area contributed by atoms with Gasteiger partial charge in [0.25, 0.3) is 0 Å². The van der Waals surface area contributed by atoms with Gasteiger partial charge in [0, 0.05) is 44.6 Å². The van der Waals surface area contributed by atoms with Crippen LogP contribution >= 0.6 is 11.3 Å². The van der Waals surface area contributed by atoms with Crippen LogP contribution in [0.5, 0.6) is 0 Å². The van der Waals surface area contributed by atoms with E-state index in [2.05, 4.69) is 46.4 Å². The monoisotopic (exact) mass is 371 g/mol. The first-order valence-corrected chi connectivity index (χ1v) is 10.3. The highest BCUT2D eigenvalue weighted by Gasteiger charge is 2.22. The molecule has 0 radical (unpaired) electrons. The Kier molecular flexibility index (Phi) is 6.83. The third kappa shape index (κ3) is 5.16. The fraction of sp³-hybridized carbons (Fsp3) is 0.476. The van der Waals surface area contributed by atoms with E-state index in [4.69, 9.17) is 0 Å². The quantitative estimate of drug-likeness (QED) is 0.748. The van der Waals surface area contributed by atoms with Crippen molar-refractivity contribution in [2.45, 2.75) is 19.4 Å². The van der Waals surface area contributed by atoms with E-state index in [0.29, 0.717) is 6.54 Å². The maximum absolute atomic E-state index is 12.7. The molecule has 1 atom stereocenters. The molecule has 3 rings (SSSR count). The predicted octanol–water partition coefficient (Wildman–Crippen LogP) is 3.13. The first kappa shape index (κ1) is 19.1. The number of amides is 1. The zero-order valence-electron chi connectivity index (χ0n) is 15.8. The van der Waals surface area contributed by atoms with Gasteiger partial charge in [-0.3, -0.25) is 9.69 Å². The molecule has 1 aliphatic rings. The van der Waals surface area contributed by atoms with Gasteiger partial charge in [0.2, 0.25) is 5.91 Å². The lowest BCUT2D eigenvalue weighted by Gasteiger charge is -2.35. The van der Waals surface area contributed by atoms with Crippen LogP contribution in [0, 0.1) is 0 Å². The number of carbonyl (C=O) groups excluding carboxylic acids is 1. The summed E-state index contributed by atoms with van der Waals surface area (Å²) in [6.07, 6.45) is 1.13. The summed E-state index contributed by atoms with van der Waals surface area (Å²) in [7, 11) is 1.91. The van der Waals surface area contributed by atoms with E-state index in [-0.39, 0.29) is 11.9 Å². The number of hydrogen-bond acceptors (Lipinski definition) is 4. The molecule has 140 valence electrons. The maximum Gasteiger partial charge on any atom is 0.236 e. The fourth-order valence-corrected chi connectivity index (χ4v) is 4.07. The van der Waals surface area contributed by atoms with Gasteiger partial charge in [-0.1, -0.05) is 36.4 Å². The van der Waals surface area contributed by atoms with Crippen LogP contribution in [0.15, 0.2) is 47.8 Å². The van der Waals surface area contributed by atoms with Crippen LogP contribution in [0.2, 0.25) is 0 Å². The Balaban J connectivity index is 1.41. The molecular formula is C21H29N3OS. The maximum atomic E-state index is 12.7. The Morgan fingerprint density at radius 1 is 1.08 bits per heavy atom. The van der Waals surface area contributed by atoms with E-state index in [0.717, 1.165) is 39.1 Å². The van der Waals surface area contributed by atoms with E-state index in [1.54, 1.807) is 0 Å². The van der Waals surface area contributed by atoms with E-state index >= 15 is 0 Å². The van der Waals surface area contributed by atoms with Gasteiger partial charge >= 0.3 is 0 Å². The lowest BCUT2D eigenvalue weighted by Crippen LogP contribution is -2.50. The number of nitrogens with zero attached hydrogens (tertiary/aromatic N) is 3. The Morgan fingerprint density at radius 2 is 1.77 bits per heavy atom. The summed E-state index contributed by atoms with van der Waals surface area (Å²) in [6.45, 7) is 7.79. The van der Waals surface area contributed by atoms with Crippen molar-refractivity contribution in [1.29, 1.82) is 0 Å². The smallest absolute Gasteiger partial charge is 0.236 e. The van der Waals surface area contributed by atoms with Crippen LogP contribution in [-0.4, -0.2) is 66.9 Å². The molecule has 4 nitrogen and oxygen atoms in total. The second-order valence-electron chi connectivity index (χ2n) is 7.04. The van der Waals surface area contributed by atoms with Crippen molar-refractivity contribution in [3.8, 4) is 0 Å². The van der Waals surface area contributed by atoms with Gasteiger partial charge in [-0.25, -0.2) is 0 Å². The van der Waals surface area contributed by atoms with Crippen LogP contribution in [0.25, 0.3) is 0 Å². The topological polar surface area (TPSA) is 26.8 Å². The molecule has 2 aromatic rings. The van der Waals surface area contributed by atoms with Gasteiger partial charge in [-0.05, 0) is 30.4 Å². The highest BCUT2D eigenvalue weighted by molar-refractivity contribution is 7.09. The largest absolute Gasteiger partial charge is 0.338 e. The summed E-state index contributed by atoms with van der Waals surface area (Å²) < 4.78 is 0. The van der Waals surface area contributed by atoms with Crippen molar-refractivity contribution >= 4 is 17.2 Å². The molecule has 2 heterocycles. The summed E-state index contributed by atoms with van der Waals surface area (Å²) >= 11 is 1.84. The number of rotatable bonds is 7. The molecule has 1 aliphatic heterocycles. The molecule has 0 saturated carbocycles. The van der Waals surface area contributed by atoms with Gasteiger partial charge in [0.1, 0.15) is 0 Å². The molecule has 1 saturated heterocycles. The SMILES string of the molecule is CC(c1ccccc1)N(C)C(=O)CN1CCN(CCc2cccs2)CC1. The van der Waals surface area contributed by atoms with Crippen LogP contribution in [-0.2, 0) is 11.2 Å². The van der Waals surface area contributed by atoms with Crippen molar-refractivity contribution in [2.24, 2.45) is 0 Å². The molecule has 0 bridgehead atoms. The standard InChI is InChI=1S/C21H29N3OS/c1-18(19-7-4-3-5-8-19)22(2)21(25)17-24-14-12-23(13-15-24)11-10-20-9-6-16-26-20/h3-9,16,18H,10-15,17H2,1-2H3.